The van der Waals surface area contributed by atoms with Gasteiger partial charge in [-0.2, -0.15) is 0 Å². The highest BCUT2D eigenvalue weighted by molar-refractivity contribution is 5.83. The van der Waals surface area contributed by atoms with Gasteiger partial charge in [-0.1, -0.05) is 24.3 Å². The summed E-state index contributed by atoms with van der Waals surface area (Å²) in [5.41, 5.74) is 2.15. The first-order valence-electron chi connectivity index (χ1n) is 9.71. The van der Waals surface area contributed by atoms with E-state index in [1.54, 1.807) is 12.1 Å². The van der Waals surface area contributed by atoms with Gasteiger partial charge in [-0.15, -0.1) is 0 Å². The monoisotopic (exact) mass is 384 g/mol. The molecule has 0 saturated carbocycles. The van der Waals surface area contributed by atoms with Gasteiger partial charge < -0.3 is 15.1 Å². The van der Waals surface area contributed by atoms with Crippen LogP contribution in [0, 0.1) is 11.7 Å². The van der Waals surface area contributed by atoms with Crippen LogP contribution in [0.3, 0.4) is 0 Å². The number of hydrogen-bond donors (Lipinski definition) is 2. The molecule has 0 bridgehead atoms. The molecule has 1 aromatic carbocycles. The van der Waals surface area contributed by atoms with Crippen LogP contribution >= 0.6 is 0 Å². The lowest BCUT2D eigenvalue weighted by molar-refractivity contribution is -0.133. The summed E-state index contributed by atoms with van der Waals surface area (Å²) in [7, 11) is 1.94. The predicted molar refractivity (Wildman–Crippen MR) is 104 cm³/mol. The predicted octanol–water partition coefficient (Wildman–Crippen LogP) is 1.67. The minimum absolute atomic E-state index is 0.00615. The molecule has 28 heavy (non-hydrogen) atoms. The number of nitrogens with zero attached hydrogens (tertiary/aromatic N) is 2. The molecule has 0 radical (unpaired) electrons. The summed E-state index contributed by atoms with van der Waals surface area (Å²) in [4.78, 5) is 28.6. The largest absolute Gasteiger partial charge is 0.364 e. The van der Waals surface area contributed by atoms with E-state index in [9.17, 15) is 14.0 Å². The van der Waals surface area contributed by atoms with Gasteiger partial charge >= 0.3 is 0 Å². The molecule has 3 aliphatic rings. The second-order valence-electron chi connectivity index (χ2n) is 7.57. The molecule has 148 valence electrons. The van der Waals surface area contributed by atoms with Crippen molar-refractivity contribution >= 4 is 17.4 Å². The maximum atomic E-state index is 13.1. The Labute approximate surface area is 164 Å². The van der Waals surface area contributed by atoms with Gasteiger partial charge in [0.25, 0.3) is 0 Å². The van der Waals surface area contributed by atoms with E-state index >= 15 is 0 Å². The third-order valence-electron chi connectivity index (χ3n) is 5.72. The molecule has 7 heteroatoms. The van der Waals surface area contributed by atoms with E-state index in [1.807, 2.05) is 35.2 Å². The first-order chi connectivity index (χ1) is 13.5. The molecule has 2 amide bonds. The normalized spacial score (nSPS) is 26.7. The first kappa shape index (κ1) is 18.7. The second kappa shape index (κ2) is 7.75. The van der Waals surface area contributed by atoms with Gasteiger partial charge in [0.2, 0.25) is 11.8 Å². The van der Waals surface area contributed by atoms with Gasteiger partial charge in [0.05, 0.1) is 18.2 Å². The van der Waals surface area contributed by atoms with Crippen LogP contribution in [-0.4, -0.2) is 54.1 Å². The summed E-state index contributed by atoms with van der Waals surface area (Å²) >= 11 is 0. The van der Waals surface area contributed by atoms with Gasteiger partial charge in [0.1, 0.15) is 5.82 Å². The molecule has 0 aliphatic carbocycles. The lowest BCUT2D eigenvalue weighted by Crippen LogP contribution is -2.63. The van der Waals surface area contributed by atoms with Crippen molar-refractivity contribution < 1.29 is 14.0 Å². The fraction of sp³-hybridized carbons (Fsp3) is 0.429. The van der Waals surface area contributed by atoms with E-state index in [2.05, 4.69) is 10.6 Å². The fourth-order valence-electron chi connectivity index (χ4n) is 4.05. The molecule has 1 fully saturated rings. The minimum Gasteiger partial charge on any atom is -0.364 e. The molecule has 3 aliphatic heterocycles. The van der Waals surface area contributed by atoms with Crippen LogP contribution < -0.4 is 10.6 Å². The first-order valence-corrected chi connectivity index (χ1v) is 9.71. The zero-order valence-corrected chi connectivity index (χ0v) is 15.9. The van der Waals surface area contributed by atoms with Crippen molar-refractivity contribution in [1.29, 1.82) is 0 Å². The molecule has 3 heterocycles. The molecule has 0 spiro atoms. The molecule has 3 atom stereocenters. The summed E-state index contributed by atoms with van der Waals surface area (Å²) < 4.78 is 13.1. The Morgan fingerprint density at radius 1 is 1.29 bits per heavy atom. The number of carbonyl (C=O) groups is 2. The number of rotatable bonds is 4. The van der Waals surface area contributed by atoms with Gasteiger partial charge in [-0.3, -0.25) is 14.9 Å². The topological polar surface area (TPSA) is 64.7 Å². The van der Waals surface area contributed by atoms with Crippen molar-refractivity contribution in [3.05, 3.63) is 54.0 Å². The van der Waals surface area contributed by atoms with E-state index in [-0.39, 0.29) is 35.9 Å². The summed E-state index contributed by atoms with van der Waals surface area (Å²) in [6.07, 6.45) is 7.31. The SMILES string of the molecule is CN1C=CC2C(=O)NC(CCC(=O)N3CC=C(c4ccc(F)cc4)CC3)NC21. The fourth-order valence-corrected chi connectivity index (χ4v) is 4.05. The highest BCUT2D eigenvalue weighted by Crippen LogP contribution is 2.24. The standard InChI is InChI=1S/C21H25FN4O2/c1-25-11-10-17-20(25)23-18(24-21(17)28)6-7-19(27)26-12-8-15(9-13-26)14-2-4-16(22)5-3-14/h2-5,8,10-11,17-18,20,23H,6-7,9,12-13H2,1H3,(H,24,28). The number of fused-ring (bicyclic) bond motifs is 1. The Balaban J connectivity index is 1.28. The van der Waals surface area contributed by atoms with Crippen molar-refractivity contribution in [3.8, 4) is 0 Å². The Bertz CT molecular complexity index is 820. The minimum atomic E-state index is -0.244. The van der Waals surface area contributed by atoms with E-state index in [0.29, 0.717) is 25.9 Å². The number of benzene rings is 1. The molecular formula is C21H25FN4O2. The highest BCUT2D eigenvalue weighted by atomic mass is 19.1. The third-order valence-corrected chi connectivity index (χ3v) is 5.72. The van der Waals surface area contributed by atoms with Crippen LogP contribution in [0.25, 0.3) is 5.57 Å². The smallest absolute Gasteiger partial charge is 0.231 e. The summed E-state index contributed by atoms with van der Waals surface area (Å²) in [6.45, 7) is 1.22. The van der Waals surface area contributed by atoms with Crippen LogP contribution in [0.5, 0.6) is 0 Å². The van der Waals surface area contributed by atoms with Crippen molar-refractivity contribution in [3.63, 3.8) is 0 Å². The number of hydrogen-bond acceptors (Lipinski definition) is 4. The van der Waals surface area contributed by atoms with Gasteiger partial charge in [0.15, 0.2) is 0 Å². The number of carbonyl (C=O) groups excluding carboxylic acids is 2. The van der Waals surface area contributed by atoms with Gasteiger partial charge in [-0.25, -0.2) is 4.39 Å². The van der Waals surface area contributed by atoms with Crippen LogP contribution in [0.2, 0.25) is 0 Å². The molecule has 2 N–H and O–H groups in total. The molecule has 0 aromatic heterocycles. The zero-order chi connectivity index (χ0) is 19.7. The van der Waals surface area contributed by atoms with Gasteiger partial charge in [0, 0.05) is 26.6 Å². The Kier molecular flexibility index (Phi) is 5.17. The highest BCUT2D eigenvalue weighted by Gasteiger charge is 2.39. The lowest BCUT2D eigenvalue weighted by atomic mass is 9.99. The lowest BCUT2D eigenvalue weighted by Gasteiger charge is -2.37. The van der Waals surface area contributed by atoms with Crippen LogP contribution in [0.15, 0.2) is 42.6 Å². The van der Waals surface area contributed by atoms with E-state index in [4.69, 9.17) is 0 Å². The summed E-state index contributed by atoms with van der Waals surface area (Å²) in [5, 5.41) is 6.36. The summed E-state index contributed by atoms with van der Waals surface area (Å²) in [5.74, 6) is -0.322. The van der Waals surface area contributed by atoms with Crippen molar-refractivity contribution in [2.24, 2.45) is 5.92 Å². The van der Waals surface area contributed by atoms with Crippen LogP contribution in [-0.2, 0) is 9.59 Å². The van der Waals surface area contributed by atoms with Crippen LogP contribution in [0.1, 0.15) is 24.8 Å². The molecular weight excluding hydrogens is 359 g/mol. The maximum Gasteiger partial charge on any atom is 0.231 e. The van der Waals surface area contributed by atoms with Crippen molar-refractivity contribution in [2.75, 3.05) is 20.1 Å². The molecule has 1 aromatic rings. The summed E-state index contributed by atoms with van der Waals surface area (Å²) in [6, 6.07) is 6.47. The molecule has 6 nitrogen and oxygen atoms in total. The molecule has 1 saturated heterocycles. The second-order valence-corrected chi connectivity index (χ2v) is 7.57. The third kappa shape index (κ3) is 3.80. The van der Waals surface area contributed by atoms with Crippen molar-refractivity contribution in [2.45, 2.75) is 31.6 Å². The van der Waals surface area contributed by atoms with E-state index < -0.39 is 0 Å². The Hall–Kier alpha value is -2.67. The van der Waals surface area contributed by atoms with Gasteiger partial charge in [-0.05, 0) is 42.3 Å². The number of halogens is 1. The quantitative estimate of drug-likeness (QED) is 0.829. The maximum absolute atomic E-state index is 13.1. The van der Waals surface area contributed by atoms with Crippen molar-refractivity contribution in [1.82, 2.24) is 20.4 Å². The Morgan fingerprint density at radius 2 is 2.07 bits per heavy atom. The Morgan fingerprint density at radius 3 is 2.79 bits per heavy atom. The average molecular weight is 384 g/mol. The zero-order valence-electron chi connectivity index (χ0n) is 15.9. The van der Waals surface area contributed by atoms with E-state index in [1.165, 1.54) is 12.1 Å². The van der Waals surface area contributed by atoms with E-state index in [0.717, 1.165) is 17.6 Å². The average Bonchev–Trinajstić information content (AvgIpc) is 3.08. The molecule has 3 unspecified atom stereocenters. The number of nitrogens with one attached hydrogen (secondary N) is 2. The molecule has 4 rings (SSSR count). The number of amides is 2. The van der Waals surface area contributed by atoms with Crippen LogP contribution in [0.4, 0.5) is 4.39 Å².